The fourth-order valence-electron chi connectivity index (χ4n) is 6.21. The fraction of sp³-hybridized carbons (Fsp3) is 0.415. The quantitative estimate of drug-likeness (QED) is 0.0876. The van der Waals surface area contributed by atoms with Gasteiger partial charge in [0.2, 0.25) is 6.29 Å². The van der Waals surface area contributed by atoms with Crippen LogP contribution >= 0.6 is 9.24 Å². The summed E-state index contributed by atoms with van der Waals surface area (Å²) in [6.45, 7) is 0.633. The maximum Gasteiger partial charge on any atom is 0.229 e. The van der Waals surface area contributed by atoms with Crippen molar-refractivity contribution < 1.29 is 56.8 Å². The number of ether oxygens (including phenoxy) is 12. The average Bonchev–Trinajstić information content (AvgIpc) is 3.21. The fourth-order valence-corrected chi connectivity index (χ4v) is 6.54. The molecule has 6 atom stereocenters. The Bertz CT molecular complexity index is 1750. The van der Waals surface area contributed by atoms with Crippen molar-refractivity contribution in [1.29, 1.82) is 0 Å². The standard InChI is InChI=1S/C41H51O12P/c1-42-29-11-13-30(14-12-29)52-41-40(51-25-28-10-17-33(45-4)37(22-28)48-7)39(50-24-27-9-16-32(44-3)36(21-27)47-6)38(34(53-41)18-19-54)49-23-26-8-15-31(43-2)35(20-26)46-5/h8-17,20-22,34,38-41H,18-19,23-25,54H2,1-7H3/t34-,38-,39+,40+,41+/m1/s1. The van der Waals surface area contributed by atoms with Gasteiger partial charge in [0.25, 0.3) is 0 Å². The van der Waals surface area contributed by atoms with E-state index in [0.29, 0.717) is 52.4 Å². The molecule has 1 aliphatic rings. The Hall–Kier alpha value is -4.45. The van der Waals surface area contributed by atoms with E-state index in [0.717, 1.165) is 22.9 Å². The van der Waals surface area contributed by atoms with Gasteiger partial charge in [0.1, 0.15) is 29.8 Å². The number of methoxy groups -OCH3 is 7. The second-order valence-corrected chi connectivity index (χ2v) is 12.9. The van der Waals surface area contributed by atoms with E-state index in [-0.39, 0.29) is 19.8 Å². The van der Waals surface area contributed by atoms with Gasteiger partial charge in [0.15, 0.2) is 34.5 Å². The lowest BCUT2D eigenvalue weighted by molar-refractivity contribution is -0.304. The summed E-state index contributed by atoms with van der Waals surface area (Å²) in [5.41, 5.74) is 2.60. The first-order chi connectivity index (χ1) is 26.4. The molecule has 54 heavy (non-hydrogen) atoms. The van der Waals surface area contributed by atoms with Crippen molar-refractivity contribution in [2.45, 2.75) is 56.9 Å². The van der Waals surface area contributed by atoms with Gasteiger partial charge in [-0.05, 0) is 89.9 Å². The molecule has 0 aliphatic carbocycles. The van der Waals surface area contributed by atoms with Crippen LogP contribution in [0.1, 0.15) is 23.1 Å². The maximum absolute atomic E-state index is 6.87. The second kappa shape index (κ2) is 20.3. The van der Waals surface area contributed by atoms with Crippen LogP contribution in [0.5, 0.6) is 46.0 Å². The van der Waals surface area contributed by atoms with E-state index in [2.05, 4.69) is 9.24 Å². The molecule has 292 valence electrons. The lowest BCUT2D eigenvalue weighted by atomic mass is 9.96. The Morgan fingerprint density at radius 3 is 1.28 bits per heavy atom. The van der Waals surface area contributed by atoms with E-state index in [4.69, 9.17) is 56.8 Å². The van der Waals surface area contributed by atoms with Crippen LogP contribution in [0.2, 0.25) is 0 Å². The monoisotopic (exact) mass is 766 g/mol. The molecule has 1 unspecified atom stereocenters. The zero-order chi connectivity index (χ0) is 38.5. The molecule has 0 amide bonds. The first-order valence-corrected chi connectivity index (χ1v) is 18.3. The molecule has 5 rings (SSSR count). The summed E-state index contributed by atoms with van der Waals surface area (Å²) in [5.74, 6) is 4.92. The molecule has 0 bridgehead atoms. The van der Waals surface area contributed by atoms with Gasteiger partial charge in [0.05, 0.1) is 75.7 Å². The lowest BCUT2D eigenvalue weighted by Gasteiger charge is -2.46. The number of hydrogen-bond acceptors (Lipinski definition) is 12. The van der Waals surface area contributed by atoms with Gasteiger partial charge in [-0.3, -0.25) is 0 Å². The van der Waals surface area contributed by atoms with Crippen LogP contribution in [0.3, 0.4) is 0 Å². The highest BCUT2D eigenvalue weighted by Crippen LogP contribution is 2.36. The number of rotatable bonds is 20. The van der Waals surface area contributed by atoms with Crippen LogP contribution in [0.4, 0.5) is 0 Å². The van der Waals surface area contributed by atoms with E-state index in [9.17, 15) is 0 Å². The molecule has 0 radical (unpaired) electrons. The van der Waals surface area contributed by atoms with Crippen LogP contribution in [-0.2, 0) is 38.8 Å². The van der Waals surface area contributed by atoms with E-state index in [1.165, 1.54) is 0 Å². The van der Waals surface area contributed by atoms with Crippen LogP contribution in [-0.4, -0.2) is 86.6 Å². The van der Waals surface area contributed by atoms with Gasteiger partial charge in [-0.1, -0.05) is 18.2 Å². The molecule has 0 N–H and O–H groups in total. The van der Waals surface area contributed by atoms with Crippen molar-refractivity contribution in [1.82, 2.24) is 0 Å². The Balaban J connectivity index is 1.53. The molecular weight excluding hydrogens is 715 g/mol. The first kappa shape index (κ1) is 40.7. The minimum absolute atomic E-state index is 0.184. The molecule has 1 heterocycles. The van der Waals surface area contributed by atoms with Gasteiger partial charge >= 0.3 is 0 Å². The highest BCUT2D eigenvalue weighted by molar-refractivity contribution is 7.16. The van der Waals surface area contributed by atoms with Crippen molar-refractivity contribution >= 4 is 9.24 Å². The Kier molecular flexibility index (Phi) is 15.3. The zero-order valence-corrected chi connectivity index (χ0v) is 33.1. The first-order valence-electron chi connectivity index (χ1n) is 17.5. The average molecular weight is 767 g/mol. The molecule has 4 aromatic carbocycles. The van der Waals surface area contributed by atoms with Gasteiger partial charge in [0, 0.05) is 0 Å². The lowest BCUT2D eigenvalue weighted by Crippen LogP contribution is -2.61. The van der Waals surface area contributed by atoms with Gasteiger partial charge in [-0.15, -0.1) is 9.24 Å². The second-order valence-electron chi connectivity index (χ2n) is 12.3. The summed E-state index contributed by atoms with van der Waals surface area (Å²) >= 11 is 0. The summed E-state index contributed by atoms with van der Waals surface area (Å²) in [4.78, 5) is 0. The van der Waals surface area contributed by atoms with Gasteiger partial charge < -0.3 is 56.8 Å². The van der Waals surface area contributed by atoms with Crippen molar-refractivity contribution in [3.63, 3.8) is 0 Å². The summed E-state index contributed by atoms with van der Waals surface area (Å²) in [6, 6.07) is 24.3. The summed E-state index contributed by atoms with van der Waals surface area (Å²) < 4.78 is 72.3. The van der Waals surface area contributed by atoms with Crippen molar-refractivity contribution in [3.8, 4) is 46.0 Å². The Morgan fingerprint density at radius 2 is 0.870 bits per heavy atom. The SMILES string of the molecule is COc1ccc(O[C@H]2O[C@H](CCP)[C@@H](OCc3ccc(OC)c(OC)c3)[C@H](OCc3ccc(OC)c(OC)c3)[C@@H]2OCc2ccc(OC)c(OC)c2)cc1. The maximum atomic E-state index is 6.87. The topological polar surface area (TPSA) is 111 Å². The smallest absolute Gasteiger partial charge is 0.229 e. The molecule has 13 heteroatoms. The van der Waals surface area contributed by atoms with Crippen LogP contribution in [0.25, 0.3) is 0 Å². The Morgan fingerprint density at radius 1 is 0.463 bits per heavy atom. The predicted molar refractivity (Wildman–Crippen MR) is 206 cm³/mol. The van der Waals surface area contributed by atoms with E-state index < -0.39 is 30.7 Å². The van der Waals surface area contributed by atoms with Crippen molar-refractivity contribution in [2.24, 2.45) is 0 Å². The predicted octanol–water partition coefficient (Wildman–Crippen LogP) is 6.87. The van der Waals surface area contributed by atoms with Crippen LogP contribution in [0, 0.1) is 0 Å². The molecule has 1 fully saturated rings. The zero-order valence-electron chi connectivity index (χ0n) is 31.9. The molecular formula is C41H51O12P. The molecule has 4 aromatic rings. The normalized spacial score (nSPS) is 19.4. The summed E-state index contributed by atoms with van der Waals surface area (Å²) in [7, 11) is 14.0. The molecule has 0 spiro atoms. The van der Waals surface area contributed by atoms with E-state index in [1.54, 1.807) is 49.8 Å². The van der Waals surface area contributed by atoms with Crippen LogP contribution < -0.4 is 37.9 Å². The highest BCUT2D eigenvalue weighted by Gasteiger charge is 2.49. The third-order valence-corrected chi connectivity index (χ3v) is 9.36. The van der Waals surface area contributed by atoms with Crippen LogP contribution in [0.15, 0.2) is 78.9 Å². The molecule has 1 aliphatic heterocycles. The third-order valence-electron chi connectivity index (χ3n) is 9.03. The largest absolute Gasteiger partial charge is 0.497 e. The molecule has 0 saturated carbocycles. The third kappa shape index (κ3) is 10.2. The number of hydrogen-bond donors (Lipinski definition) is 0. The molecule has 0 aromatic heterocycles. The van der Waals surface area contributed by atoms with E-state index in [1.807, 2.05) is 78.9 Å². The van der Waals surface area contributed by atoms with Gasteiger partial charge in [-0.25, -0.2) is 0 Å². The van der Waals surface area contributed by atoms with E-state index >= 15 is 0 Å². The Labute approximate surface area is 319 Å². The molecule has 1 saturated heterocycles. The molecule has 12 nitrogen and oxygen atoms in total. The minimum Gasteiger partial charge on any atom is -0.497 e. The minimum atomic E-state index is -0.878. The van der Waals surface area contributed by atoms with Crippen molar-refractivity contribution in [3.05, 3.63) is 95.6 Å². The summed E-state index contributed by atoms with van der Waals surface area (Å²) in [5, 5.41) is 0. The van der Waals surface area contributed by atoms with Crippen molar-refractivity contribution in [2.75, 3.05) is 55.9 Å². The van der Waals surface area contributed by atoms with Gasteiger partial charge in [-0.2, -0.15) is 0 Å². The number of benzene rings is 4. The highest BCUT2D eigenvalue weighted by atomic mass is 31.0. The summed E-state index contributed by atoms with van der Waals surface area (Å²) in [6.07, 6.45) is -1.94.